The van der Waals surface area contributed by atoms with E-state index in [0.29, 0.717) is 36.9 Å². The summed E-state index contributed by atoms with van der Waals surface area (Å²) in [5, 5.41) is 5.18. The molecule has 0 bridgehead atoms. The fourth-order valence-electron chi connectivity index (χ4n) is 4.86. The molecule has 1 amide bonds. The maximum absolute atomic E-state index is 12.1. The average molecular weight is 505 g/mol. The highest BCUT2D eigenvalue weighted by Gasteiger charge is 2.36. The van der Waals surface area contributed by atoms with Gasteiger partial charge >= 0.3 is 0 Å². The van der Waals surface area contributed by atoms with E-state index in [0.717, 1.165) is 41.0 Å². The molecule has 0 aromatic carbocycles. The molecule has 36 heavy (non-hydrogen) atoms. The van der Waals surface area contributed by atoms with Crippen molar-refractivity contribution in [1.29, 1.82) is 0 Å². The van der Waals surface area contributed by atoms with E-state index in [1.165, 1.54) is 6.08 Å². The second kappa shape index (κ2) is 10.1. The first kappa shape index (κ1) is 24.1. The summed E-state index contributed by atoms with van der Waals surface area (Å²) >= 11 is 6.60. The molecular formula is C27H29ClN6O2. The van der Waals surface area contributed by atoms with E-state index in [2.05, 4.69) is 38.8 Å². The number of nitrogens with one attached hydrogen (secondary N) is 2. The Morgan fingerprint density at radius 1 is 1.33 bits per heavy atom. The number of pyridine rings is 1. The molecule has 1 unspecified atom stereocenters. The van der Waals surface area contributed by atoms with Gasteiger partial charge < -0.3 is 19.9 Å². The van der Waals surface area contributed by atoms with Crippen LogP contribution >= 0.6 is 11.6 Å². The number of aromatic amines is 1. The van der Waals surface area contributed by atoms with Crippen molar-refractivity contribution in [1.82, 2.24) is 24.8 Å². The van der Waals surface area contributed by atoms with Gasteiger partial charge in [0.2, 0.25) is 5.91 Å². The maximum Gasteiger partial charge on any atom is 0.245 e. The lowest BCUT2D eigenvalue weighted by atomic mass is 9.74. The van der Waals surface area contributed by atoms with Gasteiger partial charge in [-0.1, -0.05) is 37.2 Å². The van der Waals surface area contributed by atoms with Crippen molar-refractivity contribution in [2.75, 3.05) is 18.4 Å². The summed E-state index contributed by atoms with van der Waals surface area (Å²) in [6.07, 6.45) is 12.9. The van der Waals surface area contributed by atoms with Gasteiger partial charge in [-0.15, -0.1) is 0 Å². The number of fused-ring (bicyclic) bond motifs is 1. The average Bonchev–Trinajstić information content (AvgIpc) is 3.35. The number of piperidine rings is 1. The van der Waals surface area contributed by atoms with Crippen LogP contribution in [-0.2, 0) is 21.6 Å². The number of hydrogen-bond acceptors (Lipinski definition) is 6. The van der Waals surface area contributed by atoms with Crippen molar-refractivity contribution in [2.24, 2.45) is 0 Å². The molecular weight excluding hydrogens is 476 g/mol. The molecule has 1 fully saturated rings. The van der Waals surface area contributed by atoms with Gasteiger partial charge in [0.25, 0.3) is 0 Å². The van der Waals surface area contributed by atoms with Crippen molar-refractivity contribution < 1.29 is 9.53 Å². The number of halogens is 1. The summed E-state index contributed by atoms with van der Waals surface area (Å²) in [5.41, 5.74) is 2.69. The van der Waals surface area contributed by atoms with Gasteiger partial charge in [-0.2, -0.15) is 0 Å². The zero-order chi connectivity index (χ0) is 25.1. The molecule has 0 spiro atoms. The molecule has 9 heteroatoms. The molecule has 8 nitrogen and oxygen atoms in total. The number of allylic oxidation sites excluding steroid dienone is 1. The van der Waals surface area contributed by atoms with Crippen molar-refractivity contribution in [3.8, 4) is 0 Å². The van der Waals surface area contributed by atoms with E-state index in [9.17, 15) is 4.79 Å². The SMILES string of the molecule is C=CC(=O)N1CCC(C)(c2c[nH]c3ncnc(NC4C=CC(OCc5ccccn5)=C(Cl)C4)c23)CC1. The first-order chi connectivity index (χ1) is 17.5. The van der Waals surface area contributed by atoms with Crippen LogP contribution in [0.1, 0.15) is 37.4 Å². The maximum atomic E-state index is 12.1. The Labute approximate surface area is 215 Å². The number of rotatable bonds is 7. The van der Waals surface area contributed by atoms with Crippen LogP contribution in [0.2, 0.25) is 0 Å². The number of hydrogen-bond donors (Lipinski definition) is 2. The quantitative estimate of drug-likeness (QED) is 0.447. The van der Waals surface area contributed by atoms with Crippen LogP contribution in [0, 0.1) is 0 Å². The first-order valence-electron chi connectivity index (χ1n) is 12.1. The Morgan fingerprint density at radius 3 is 2.89 bits per heavy atom. The molecule has 0 radical (unpaired) electrons. The number of ether oxygens (including phenoxy) is 1. The Morgan fingerprint density at radius 2 is 2.17 bits per heavy atom. The Balaban J connectivity index is 1.31. The van der Waals surface area contributed by atoms with Crippen molar-refractivity contribution in [3.63, 3.8) is 0 Å². The van der Waals surface area contributed by atoms with Crippen LogP contribution in [0.3, 0.4) is 0 Å². The topological polar surface area (TPSA) is 96.0 Å². The zero-order valence-corrected chi connectivity index (χ0v) is 21.0. The number of carbonyl (C=O) groups is 1. The molecule has 2 N–H and O–H groups in total. The first-order valence-corrected chi connectivity index (χ1v) is 12.4. The largest absolute Gasteiger partial charge is 0.486 e. The predicted molar refractivity (Wildman–Crippen MR) is 140 cm³/mol. The van der Waals surface area contributed by atoms with Crippen LogP contribution in [-0.4, -0.2) is 49.9 Å². The highest BCUT2D eigenvalue weighted by atomic mass is 35.5. The van der Waals surface area contributed by atoms with Gasteiger partial charge in [-0.25, -0.2) is 9.97 Å². The lowest BCUT2D eigenvalue weighted by Crippen LogP contribution is -2.43. The minimum Gasteiger partial charge on any atom is -0.486 e. The summed E-state index contributed by atoms with van der Waals surface area (Å²) in [6, 6.07) is 5.68. The van der Waals surface area contributed by atoms with Crippen LogP contribution in [0.15, 0.2) is 72.5 Å². The highest BCUT2D eigenvalue weighted by Crippen LogP contribution is 2.41. The van der Waals surface area contributed by atoms with Crippen molar-refractivity contribution in [3.05, 3.63) is 83.8 Å². The molecule has 3 aromatic heterocycles. The van der Waals surface area contributed by atoms with E-state index in [1.807, 2.05) is 41.4 Å². The van der Waals surface area contributed by atoms with Crippen molar-refractivity contribution >= 4 is 34.4 Å². The molecule has 1 aliphatic carbocycles. The fraction of sp³-hybridized carbons (Fsp3) is 0.333. The molecule has 186 valence electrons. The third kappa shape index (κ3) is 4.86. The third-order valence-corrected chi connectivity index (χ3v) is 7.38. The molecule has 4 heterocycles. The summed E-state index contributed by atoms with van der Waals surface area (Å²) in [5.74, 6) is 1.40. The monoisotopic (exact) mass is 504 g/mol. The predicted octanol–water partition coefficient (Wildman–Crippen LogP) is 4.83. The molecule has 5 rings (SSSR count). The Hall–Kier alpha value is -3.65. The van der Waals surface area contributed by atoms with Gasteiger partial charge in [0.15, 0.2) is 0 Å². The summed E-state index contributed by atoms with van der Waals surface area (Å²) in [4.78, 5) is 30.5. The number of nitrogens with zero attached hydrogens (tertiary/aromatic N) is 4. The lowest BCUT2D eigenvalue weighted by Gasteiger charge is -2.39. The number of carbonyl (C=O) groups excluding carboxylic acids is 1. The van der Waals surface area contributed by atoms with Crippen LogP contribution in [0.25, 0.3) is 11.0 Å². The van der Waals surface area contributed by atoms with Crippen LogP contribution < -0.4 is 5.32 Å². The molecule has 0 saturated carbocycles. The van der Waals surface area contributed by atoms with Gasteiger partial charge in [-0.05, 0) is 48.1 Å². The van der Waals surface area contributed by atoms with Crippen LogP contribution in [0.5, 0.6) is 0 Å². The molecule has 2 aliphatic rings. The lowest BCUT2D eigenvalue weighted by molar-refractivity contribution is -0.127. The molecule has 1 saturated heterocycles. The van der Waals surface area contributed by atoms with Crippen molar-refractivity contribution in [2.45, 2.75) is 44.2 Å². The summed E-state index contributed by atoms with van der Waals surface area (Å²) < 4.78 is 5.89. The molecule has 1 aliphatic heterocycles. The second-order valence-electron chi connectivity index (χ2n) is 9.43. The van der Waals surface area contributed by atoms with Crippen LogP contribution in [0.4, 0.5) is 5.82 Å². The minimum absolute atomic E-state index is 0.0148. The highest BCUT2D eigenvalue weighted by molar-refractivity contribution is 6.30. The third-order valence-electron chi connectivity index (χ3n) is 7.04. The molecule has 1 atom stereocenters. The number of likely N-dealkylation sites (tertiary alicyclic amines) is 1. The number of aromatic nitrogens is 4. The molecule has 3 aromatic rings. The number of H-pyrrole nitrogens is 1. The van der Waals surface area contributed by atoms with E-state index in [1.54, 1.807) is 12.5 Å². The van der Waals surface area contributed by atoms with Gasteiger partial charge in [-0.3, -0.25) is 9.78 Å². The Bertz CT molecular complexity index is 1320. The Kier molecular flexibility index (Phi) is 6.78. The minimum atomic E-state index is -0.107. The number of amides is 1. The van der Waals surface area contributed by atoms with E-state index in [-0.39, 0.29) is 17.4 Å². The van der Waals surface area contributed by atoms with E-state index >= 15 is 0 Å². The fourth-order valence-corrected chi connectivity index (χ4v) is 5.14. The zero-order valence-electron chi connectivity index (χ0n) is 20.2. The van der Waals surface area contributed by atoms with Gasteiger partial charge in [0.05, 0.1) is 22.2 Å². The van der Waals surface area contributed by atoms with E-state index < -0.39 is 0 Å². The van der Waals surface area contributed by atoms with Gasteiger partial charge in [0.1, 0.15) is 30.2 Å². The normalized spacial score (nSPS) is 19.4. The van der Waals surface area contributed by atoms with E-state index in [4.69, 9.17) is 16.3 Å². The smallest absolute Gasteiger partial charge is 0.245 e. The second-order valence-corrected chi connectivity index (χ2v) is 9.89. The standard InChI is InChI=1S/C27H29ClN6O2/c1-3-23(35)34-12-9-27(2,10-13-34)20-15-30-25-24(20)26(32-17-31-25)33-18-7-8-22(21(28)14-18)36-16-19-6-4-5-11-29-19/h3-8,11,15,17-18H,1,9-10,12-14,16H2,2H3,(H2,30,31,32,33). The summed E-state index contributed by atoms with van der Waals surface area (Å²) in [7, 11) is 0. The summed E-state index contributed by atoms with van der Waals surface area (Å²) in [6.45, 7) is 7.61. The number of anilines is 1. The van der Waals surface area contributed by atoms with Gasteiger partial charge in [0, 0.05) is 31.9 Å².